The summed E-state index contributed by atoms with van der Waals surface area (Å²) in [4.78, 5) is 11.7. The van der Waals surface area contributed by atoms with Gasteiger partial charge in [-0.3, -0.25) is 9.89 Å². The number of aliphatic imine (C=N–C) groups is 1. The highest BCUT2D eigenvalue weighted by atomic mass is 127. The molecule has 2 heterocycles. The van der Waals surface area contributed by atoms with Gasteiger partial charge in [0.25, 0.3) is 0 Å². The number of halogens is 2. The third kappa shape index (κ3) is 6.66. The summed E-state index contributed by atoms with van der Waals surface area (Å²) in [6, 6.07) is 7.10. The third-order valence-electron chi connectivity index (χ3n) is 5.32. The van der Waals surface area contributed by atoms with Crippen LogP contribution in [0.3, 0.4) is 0 Å². The first-order chi connectivity index (χ1) is 14.0. The summed E-state index contributed by atoms with van der Waals surface area (Å²) in [6.45, 7) is 12.4. The molecule has 1 saturated heterocycles. The minimum absolute atomic E-state index is 0. The Labute approximate surface area is 195 Å². The minimum atomic E-state index is -0.272. The van der Waals surface area contributed by atoms with Crippen molar-refractivity contribution in [2.45, 2.75) is 46.2 Å². The molecule has 2 N–H and O–H groups in total. The van der Waals surface area contributed by atoms with E-state index in [4.69, 9.17) is 9.41 Å². The molecule has 3 rings (SSSR count). The van der Waals surface area contributed by atoms with E-state index in [-0.39, 0.29) is 29.8 Å². The average Bonchev–Trinajstić information content (AvgIpc) is 3.30. The Morgan fingerprint density at radius 1 is 1.30 bits per heavy atom. The van der Waals surface area contributed by atoms with Crippen LogP contribution in [0.2, 0.25) is 0 Å². The second-order valence-electron chi connectivity index (χ2n) is 7.94. The zero-order valence-corrected chi connectivity index (χ0v) is 20.5. The largest absolute Gasteiger partial charge is 0.444 e. The number of oxazole rings is 1. The van der Waals surface area contributed by atoms with E-state index in [9.17, 15) is 4.39 Å². The molecule has 0 aliphatic carbocycles. The van der Waals surface area contributed by atoms with Gasteiger partial charge < -0.3 is 15.1 Å². The van der Waals surface area contributed by atoms with E-state index in [0.29, 0.717) is 36.9 Å². The average molecular weight is 529 g/mol. The van der Waals surface area contributed by atoms with Gasteiger partial charge in [0.2, 0.25) is 5.89 Å². The number of hydrogen-bond acceptors (Lipinski definition) is 4. The fourth-order valence-corrected chi connectivity index (χ4v) is 3.54. The molecular weight excluding hydrogens is 496 g/mol. The number of guanidine groups is 1. The van der Waals surface area contributed by atoms with Crippen molar-refractivity contribution in [3.8, 4) is 11.5 Å². The van der Waals surface area contributed by atoms with E-state index in [1.807, 2.05) is 0 Å². The van der Waals surface area contributed by atoms with Gasteiger partial charge in [-0.25, -0.2) is 9.37 Å². The molecule has 0 spiro atoms. The molecular formula is C22H33FIN5O. The lowest BCUT2D eigenvalue weighted by Crippen LogP contribution is -2.47. The lowest BCUT2D eigenvalue weighted by atomic mass is 10.1. The zero-order chi connectivity index (χ0) is 20.8. The standard InChI is InChI=1S/C22H32FN5O.HI/c1-5-24-22(27-20-13-28(15(2)3)12-16(20)4)25-11-10-19-14-29-21(26-19)17-6-8-18(23)9-7-17;/h6-9,14-16,20H,5,10-13H2,1-4H3,(H2,24,25,27);1H. The lowest BCUT2D eigenvalue weighted by Gasteiger charge is -2.21. The summed E-state index contributed by atoms with van der Waals surface area (Å²) >= 11 is 0. The fraction of sp³-hybridized carbons (Fsp3) is 0.545. The molecule has 1 fully saturated rings. The van der Waals surface area contributed by atoms with E-state index >= 15 is 0 Å². The first-order valence-corrected chi connectivity index (χ1v) is 10.5. The molecule has 1 aliphatic heterocycles. The summed E-state index contributed by atoms with van der Waals surface area (Å²) in [5.41, 5.74) is 1.60. The summed E-state index contributed by atoms with van der Waals surface area (Å²) in [5, 5.41) is 6.93. The molecule has 0 bridgehead atoms. The molecule has 0 saturated carbocycles. The summed E-state index contributed by atoms with van der Waals surface area (Å²) in [5.74, 6) is 1.65. The van der Waals surface area contributed by atoms with Crippen LogP contribution in [-0.4, -0.2) is 54.1 Å². The van der Waals surface area contributed by atoms with E-state index < -0.39 is 0 Å². The van der Waals surface area contributed by atoms with Crippen LogP contribution in [0.1, 0.15) is 33.4 Å². The monoisotopic (exact) mass is 529 g/mol. The second-order valence-corrected chi connectivity index (χ2v) is 7.94. The van der Waals surface area contributed by atoms with Crippen LogP contribution in [0.15, 0.2) is 39.9 Å². The normalized spacial score (nSPS) is 19.7. The molecule has 0 radical (unpaired) electrons. The van der Waals surface area contributed by atoms with Gasteiger partial charge in [0, 0.05) is 50.2 Å². The smallest absolute Gasteiger partial charge is 0.226 e. The highest BCUT2D eigenvalue weighted by molar-refractivity contribution is 14.0. The van der Waals surface area contributed by atoms with Crippen molar-refractivity contribution in [2.24, 2.45) is 10.9 Å². The van der Waals surface area contributed by atoms with Crippen LogP contribution in [0.4, 0.5) is 4.39 Å². The molecule has 30 heavy (non-hydrogen) atoms. The van der Waals surface area contributed by atoms with Gasteiger partial charge in [-0.05, 0) is 51.0 Å². The number of aromatic nitrogens is 1. The number of rotatable bonds is 7. The van der Waals surface area contributed by atoms with Crippen molar-refractivity contribution < 1.29 is 8.81 Å². The Morgan fingerprint density at radius 3 is 2.67 bits per heavy atom. The topological polar surface area (TPSA) is 65.7 Å². The van der Waals surface area contributed by atoms with E-state index in [1.165, 1.54) is 12.1 Å². The molecule has 0 amide bonds. The number of hydrogen-bond donors (Lipinski definition) is 2. The second kappa shape index (κ2) is 11.6. The number of benzene rings is 1. The molecule has 2 unspecified atom stereocenters. The van der Waals surface area contributed by atoms with Gasteiger partial charge in [0.1, 0.15) is 12.1 Å². The highest BCUT2D eigenvalue weighted by Gasteiger charge is 2.31. The molecule has 8 heteroatoms. The molecule has 1 aromatic heterocycles. The van der Waals surface area contributed by atoms with Crippen molar-refractivity contribution in [1.29, 1.82) is 0 Å². The predicted octanol–water partition coefficient (Wildman–Crippen LogP) is 3.93. The van der Waals surface area contributed by atoms with Gasteiger partial charge in [-0.15, -0.1) is 24.0 Å². The van der Waals surface area contributed by atoms with Crippen molar-refractivity contribution in [3.05, 3.63) is 42.0 Å². The Bertz CT molecular complexity index is 808. The Balaban J connectivity index is 0.00000320. The van der Waals surface area contributed by atoms with Gasteiger partial charge in [0.05, 0.1) is 5.69 Å². The van der Waals surface area contributed by atoms with Crippen LogP contribution in [0, 0.1) is 11.7 Å². The van der Waals surface area contributed by atoms with Crippen LogP contribution in [-0.2, 0) is 6.42 Å². The maximum atomic E-state index is 13.1. The molecule has 1 aliphatic rings. The molecule has 1 aromatic carbocycles. The van der Waals surface area contributed by atoms with Crippen molar-refractivity contribution in [2.75, 3.05) is 26.2 Å². The molecule has 2 atom stereocenters. The van der Waals surface area contributed by atoms with Crippen molar-refractivity contribution >= 4 is 29.9 Å². The molecule has 2 aromatic rings. The van der Waals surface area contributed by atoms with Gasteiger partial charge in [-0.2, -0.15) is 0 Å². The van der Waals surface area contributed by atoms with Crippen LogP contribution in [0.25, 0.3) is 11.5 Å². The number of nitrogens with one attached hydrogen (secondary N) is 2. The van der Waals surface area contributed by atoms with E-state index in [0.717, 1.165) is 36.9 Å². The molecule has 166 valence electrons. The maximum Gasteiger partial charge on any atom is 0.226 e. The SMILES string of the molecule is CCNC(=NCCc1coc(-c2ccc(F)cc2)n1)NC1CN(C(C)C)CC1C.I. The Morgan fingerprint density at radius 2 is 2.03 bits per heavy atom. The zero-order valence-electron chi connectivity index (χ0n) is 18.2. The van der Waals surface area contributed by atoms with Crippen LogP contribution >= 0.6 is 24.0 Å². The Hall–Kier alpha value is -1.68. The first kappa shape index (κ1) is 24.6. The van der Waals surface area contributed by atoms with Crippen molar-refractivity contribution in [3.63, 3.8) is 0 Å². The maximum absolute atomic E-state index is 13.1. The number of likely N-dealkylation sites (tertiary alicyclic amines) is 1. The summed E-state index contributed by atoms with van der Waals surface area (Å²) < 4.78 is 18.6. The van der Waals surface area contributed by atoms with Gasteiger partial charge in [-0.1, -0.05) is 6.92 Å². The fourth-order valence-electron chi connectivity index (χ4n) is 3.54. The van der Waals surface area contributed by atoms with Gasteiger partial charge in [0.15, 0.2) is 5.96 Å². The third-order valence-corrected chi connectivity index (χ3v) is 5.32. The highest BCUT2D eigenvalue weighted by Crippen LogP contribution is 2.20. The lowest BCUT2D eigenvalue weighted by molar-refractivity contribution is 0.265. The molecule has 6 nitrogen and oxygen atoms in total. The number of nitrogens with zero attached hydrogens (tertiary/aromatic N) is 3. The van der Waals surface area contributed by atoms with E-state index in [1.54, 1.807) is 18.4 Å². The minimum Gasteiger partial charge on any atom is -0.444 e. The van der Waals surface area contributed by atoms with Crippen LogP contribution < -0.4 is 10.6 Å². The van der Waals surface area contributed by atoms with E-state index in [2.05, 4.69) is 48.2 Å². The van der Waals surface area contributed by atoms with Crippen molar-refractivity contribution in [1.82, 2.24) is 20.5 Å². The Kier molecular flexibility index (Phi) is 9.54. The first-order valence-electron chi connectivity index (χ1n) is 10.5. The quantitative estimate of drug-likeness (QED) is 0.324. The summed E-state index contributed by atoms with van der Waals surface area (Å²) in [6.07, 6.45) is 2.33. The summed E-state index contributed by atoms with van der Waals surface area (Å²) in [7, 11) is 0. The van der Waals surface area contributed by atoms with Crippen LogP contribution in [0.5, 0.6) is 0 Å². The van der Waals surface area contributed by atoms with Gasteiger partial charge >= 0.3 is 0 Å². The predicted molar refractivity (Wildman–Crippen MR) is 130 cm³/mol.